The van der Waals surface area contributed by atoms with Gasteiger partial charge in [-0.2, -0.15) is 0 Å². The molecule has 1 rings (SSSR count). The first kappa shape index (κ1) is 14.5. The van der Waals surface area contributed by atoms with Crippen LogP contribution in [0, 0.1) is 24.0 Å². The quantitative estimate of drug-likeness (QED) is 0.661. The number of carbonyl (C=O) groups excluding carboxylic acids is 1. The summed E-state index contributed by atoms with van der Waals surface area (Å²) in [6.07, 6.45) is 6.08. The topological polar surface area (TPSA) is 29.1 Å². The molecular formula is C13H12ClF2NO. The van der Waals surface area contributed by atoms with E-state index >= 15 is 0 Å². The monoisotopic (exact) mass is 271 g/mol. The van der Waals surface area contributed by atoms with Crippen LogP contribution in [0.1, 0.15) is 30.1 Å². The Hall–Kier alpha value is -1.60. The van der Waals surface area contributed by atoms with Crippen LogP contribution in [0.5, 0.6) is 0 Å². The second-order valence-corrected chi connectivity index (χ2v) is 4.14. The van der Waals surface area contributed by atoms with Gasteiger partial charge in [-0.3, -0.25) is 4.79 Å². The highest BCUT2D eigenvalue weighted by molar-refractivity contribution is 6.30. The van der Waals surface area contributed by atoms with Crippen LogP contribution in [-0.2, 0) is 0 Å². The molecule has 0 saturated heterocycles. The Balaban J connectivity index is 2.91. The van der Waals surface area contributed by atoms with Crippen molar-refractivity contribution in [2.24, 2.45) is 0 Å². The van der Waals surface area contributed by atoms with Gasteiger partial charge in [0.25, 0.3) is 5.91 Å². The standard InChI is InChI=1S/C13H12ClF2NO/c1-3-5-8(4-2)17-13(18)9-6-12(16)10(14)7-11(9)15/h1,6-8H,4-5H2,2H3,(H,17,18). The van der Waals surface area contributed by atoms with Crippen molar-refractivity contribution < 1.29 is 13.6 Å². The van der Waals surface area contributed by atoms with Crippen LogP contribution in [-0.4, -0.2) is 11.9 Å². The zero-order valence-corrected chi connectivity index (χ0v) is 10.5. The second kappa shape index (κ2) is 6.36. The molecule has 1 amide bonds. The minimum absolute atomic E-state index is 0.263. The Morgan fingerprint density at radius 2 is 2.17 bits per heavy atom. The molecule has 0 aromatic heterocycles. The third-order valence-electron chi connectivity index (χ3n) is 2.45. The lowest BCUT2D eigenvalue weighted by molar-refractivity contribution is 0.0932. The highest BCUT2D eigenvalue weighted by atomic mass is 35.5. The predicted molar refractivity (Wildman–Crippen MR) is 66.4 cm³/mol. The van der Waals surface area contributed by atoms with E-state index in [4.69, 9.17) is 18.0 Å². The first-order chi connectivity index (χ1) is 8.49. The van der Waals surface area contributed by atoms with Crippen molar-refractivity contribution in [1.29, 1.82) is 0 Å². The molecule has 0 aliphatic rings. The van der Waals surface area contributed by atoms with Crippen LogP contribution in [0.2, 0.25) is 5.02 Å². The van der Waals surface area contributed by atoms with E-state index in [2.05, 4.69) is 11.2 Å². The summed E-state index contributed by atoms with van der Waals surface area (Å²) in [4.78, 5) is 11.7. The molecule has 1 aromatic carbocycles. The highest BCUT2D eigenvalue weighted by Gasteiger charge is 2.17. The summed E-state index contributed by atoms with van der Waals surface area (Å²) < 4.78 is 26.6. The fourth-order valence-corrected chi connectivity index (χ4v) is 1.55. The molecule has 0 heterocycles. The van der Waals surface area contributed by atoms with Crippen LogP contribution < -0.4 is 5.32 Å². The Morgan fingerprint density at radius 1 is 1.50 bits per heavy atom. The zero-order chi connectivity index (χ0) is 13.7. The van der Waals surface area contributed by atoms with E-state index in [0.717, 1.165) is 12.1 Å². The second-order valence-electron chi connectivity index (χ2n) is 3.73. The third kappa shape index (κ3) is 3.44. The molecule has 1 unspecified atom stereocenters. The summed E-state index contributed by atoms with van der Waals surface area (Å²) >= 11 is 5.40. The van der Waals surface area contributed by atoms with Crippen molar-refractivity contribution in [3.05, 3.63) is 34.4 Å². The molecule has 1 atom stereocenters. The number of carbonyl (C=O) groups is 1. The molecule has 0 spiro atoms. The van der Waals surface area contributed by atoms with Gasteiger partial charge in [0.2, 0.25) is 0 Å². The minimum Gasteiger partial charge on any atom is -0.348 e. The lowest BCUT2D eigenvalue weighted by Crippen LogP contribution is -2.34. The Labute approximate surface area is 109 Å². The first-order valence-corrected chi connectivity index (χ1v) is 5.76. The third-order valence-corrected chi connectivity index (χ3v) is 2.74. The van der Waals surface area contributed by atoms with Crippen LogP contribution in [0.3, 0.4) is 0 Å². The van der Waals surface area contributed by atoms with Gasteiger partial charge in [0.15, 0.2) is 0 Å². The SMILES string of the molecule is C#CCC(CC)NC(=O)c1cc(F)c(Cl)cc1F. The molecular weight excluding hydrogens is 260 g/mol. The average molecular weight is 272 g/mol. The van der Waals surface area contributed by atoms with Crippen molar-refractivity contribution in [3.63, 3.8) is 0 Å². The van der Waals surface area contributed by atoms with Gasteiger partial charge in [-0.15, -0.1) is 12.3 Å². The molecule has 0 fully saturated rings. The maximum absolute atomic E-state index is 13.5. The van der Waals surface area contributed by atoms with Crippen LogP contribution in [0.4, 0.5) is 8.78 Å². The molecule has 2 nitrogen and oxygen atoms in total. The van der Waals surface area contributed by atoms with E-state index in [-0.39, 0.29) is 16.6 Å². The van der Waals surface area contributed by atoms with Gasteiger partial charge in [-0.25, -0.2) is 8.78 Å². The first-order valence-electron chi connectivity index (χ1n) is 5.38. The van der Waals surface area contributed by atoms with Gasteiger partial charge in [0.05, 0.1) is 10.6 Å². The van der Waals surface area contributed by atoms with E-state index in [1.54, 1.807) is 0 Å². The smallest absolute Gasteiger partial charge is 0.254 e. The summed E-state index contributed by atoms with van der Waals surface area (Å²) in [6.45, 7) is 1.83. The summed E-state index contributed by atoms with van der Waals surface area (Å²) in [7, 11) is 0. The van der Waals surface area contributed by atoms with E-state index in [9.17, 15) is 13.6 Å². The van der Waals surface area contributed by atoms with Gasteiger partial charge in [0.1, 0.15) is 11.6 Å². The number of rotatable bonds is 4. The Morgan fingerprint density at radius 3 is 2.72 bits per heavy atom. The summed E-state index contributed by atoms with van der Waals surface area (Å²) in [6, 6.07) is 1.28. The highest BCUT2D eigenvalue weighted by Crippen LogP contribution is 2.19. The van der Waals surface area contributed by atoms with Gasteiger partial charge in [-0.05, 0) is 18.6 Å². The van der Waals surface area contributed by atoms with Crippen molar-refractivity contribution in [2.45, 2.75) is 25.8 Å². The summed E-state index contributed by atoms with van der Waals surface area (Å²) in [5.74, 6) is -0.00241. The van der Waals surface area contributed by atoms with Crippen molar-refractivity contribution in [3.8, 4) is 12.3 Å². The number of hydrogen-bond donors (Lipinski definition) is 1. The van der Waals surface area contributed by atoms with Crippen molar-refractivity contribution in [1.82, 2.24) is 5.32 Å². The van der Waals surface area contributed by atoms with E-state index in [1.165, 1.54) is 0 Å². The van der Waals surface area contributed by atoms with Crippen LogP contribution in [0.15, 0.2) is 12.1 Å². The van der Waals surface area contributed by atoms with E-state index in [0.29, 0.717) is 12.8 Å². The average Bonchev–Trinajstić information content (AvgIpc) is 2.33. The molecule has 0 aliphatic carbocycles. The molecule has 5 heteroatoms. The van der Waals surface area contributed by atoms with Crippen LogP contribution >= 0.6 is 11.6 Å². The fourth-order valence-electron chi connectivity index (χ4n) is 1.40. The number of amides is 1. The molecule has 0 radical (unpaired) electrons. The maximum atomic E-state index is 13.5. The minimum atomic E-state index is -0.866. The number of nitrogens with one attached hydrogen (secondary N) is 1. The van der Waals surface area contributed by atoms with Crippen LogP contribution in [0.25, 0.3) is 0 Å². The predicted octanol–water partition coefficient (Wildman–Crippen LogP) is 3.15. The summed E-state index contributed by atoms with van der Waals surface area (Å²) in [5.41, 5.74) is -0.382. The Bertz CT molecular complexity index is 496. The molecule has 0 saturated carbocycles. The van der Waals surface area contributed by atoms with Gasteiger partial charge in [0, 0.05) is 12.5 Å². The van der Waals surface area contributed by atoms with Gasteiger partial charge >= 0.3 is 0 Å². The van der Waals surface area contributed by atoms with Crippen molar-refractivity contribution in [2.75, 3.05) is 0 Å². The molecule has 96 valence electrons. The number of benzene rings is 1. The van der Waals surface area contributed by atoms with E-state index in [1.807, 2.05) is 6.92 Å². The maximum Gasteiger partial charge on any atom is 0.254 e. The largest absolute Gasteiger partial charge is 0.348 e. The fraction of sp³-hybridized carbons (Fsp3) is 0.308. The molecule has 0 bridgehead atoms. The number of terminal acetylenes is 1. The molecule has 18 heavy (non-hydrogen) atoms. The lowest BCUT2D eigenvalue weighted by Gasteiger charge is -2.14. The molecule has 1 aromatic rings. The normalized spacial score (nSPS) is 11.7. The molecule has 0 aliphatic heterocycles. The van der Waals surface area contributed by atoms with Crippen molar-refractivity contribution >= 4 is 17.5 Å². The molecule has 1 N–H and O–H groups in total. The van der Waals surface area contributed by atoms with Gasteiger partial charge < -0.3 is 5.32 Å². The van der Waals surface area contributed by atoms with E-state index < -0.39 is 17.5 Å². The lowest BCUT2D eigenvalue weighted by atomic mass is 10.1. The zero-order valence-electron chi connectivity index (χ0n) is 9.77. The summed E-state index contributed by atoms with van der Waals surface area (Å²) in [5, 5.41) is 2.18. The van der Waals surface area contributed by atoms with Gasteiger partial charge in [-0.1, -0.05) is 18.5 Å². The Kier molecular flexibility index (Phi) is 5.11. The number of hydrogen-bond acceptors (Lipinski definition) is 1. The number of halogens is 3.